The highest BCUT2D eigenvalue weighted by atomic mass is 35.5. The van der Waals surface area contributed by atoms with Crippen LogP contribution < -0.4 is 11.1 Å². The summed E-state index contributed by atoms with van der Waals surface area (Å²) in [6, 6.07) is 6.69. The Hall–Kier alpha value is -3.51. The van der Waals surface area contributed by atoms with Crippen LogP contribution in [0.5, 0.6) is 0 Å². The number of pyridine rings is 1. The number of nitrogens with two attached hydrogens (primary N) is 1. The van der Waals surface area contributed by atoms with E-state index in [4.69, 9.17) is 27.3 Å². The highest BCUT2D eigenvalue weighted by Gasteiger charge is 2.32. The summed E-state index contributed by atoms with van der Waals surface area (Å²) in [5.41, 5.74) is 4.62. The molecule has 7 nitrogen and oxygen atoms in total. The van der Waals surface area contributed by atoms with Gasteiger partial charge in [0.25, 0.3) is 11.9 Å². The van der Waals surface area contributed by atoms with Gasteiger partial charge in [-0.25, -0.2) is 18.8 Å². The molecule has 1 aliphatic heterocycles. The van der Waals surface area contributed by atoms with Gasteiger partial charge in [0, 0.05) is 17.4 Å². The summed E-state index contributed by atoms with van der Waals surface area (Å²) in [5.74, 6) is -1.38. The van der Waals surface area contributed by atoms with E-state index in [2.05, 4.69) is 15.3 Å². The fraction of sp³-hybridized carbons (Fsp3) is 0.158. The third-order valence-electron chi connectivity index (χ3n) is 4.11. The normalized spacial score (nSPS) is 18.2. The Morgan fingerprint density at radius 3 is 2.86 bits per heavy atom. The van der Waals surface area contributed by atoms with E-state index in [1.165, 1.54) is 37.4 Å². The third-order valence-corrected chi connectivity index (χ3v) is 4.39. The zero-order chi connectivity index (χ0) is 21.2. The molecule has 1 amide bonds. The van der Waals surface area contributed by atoms with Gasteiger partial charge in [-0.2, -0.15) is 5.26 Å². The highest BCUT2D eigenvalue weighted by Crippen LogP contribution is 2.35. The molecular weight excluding hydrogens is 404 g/mol. The van der Waals surface area contributed by atoms with E-state index in [0.717, 1.165) is 6.07 Å². The number of nitriles is 1. The van der Waals surface area contributed by atoms with Gasteiger partial charge in [-0.05, 0) is 37.3 Å². The van der Waals surface area contributed by atoms with Crippen molar-refractivity contribution in [3.8, 4) is 6.07 Å². The lowest BCUT2D eigenvalue weighted by atomic mass is 9.90. The fourth-order valence-corrected chi connectivity index (χ4v) is 3.06. The van der Waals surface area contributed by atoms with Gasteiger partial charge in [-0.3, -0.25) is 4.79 Å². The molecule has 1 aromatic heterocycles. The van der Waals surface area contributed by atoms with Gasteiger partial charge in [0.2, 0.25) is 0 Å². The third kappa shape index (κ3) is 4.17. The number of alkyl halides is 1. The van der Waals surface area contributed by atoms with Crippen LogP contribution in [0.2, 0.25) is 5.02 Å². The first-order valence-electron chi connectivity index (χ1n) is 8.23. The van der Waals surface area contributed by atoms with Crippen LogP contribution in [0.25, 0.3) is 0 Å². The molecule has 0 radical (unpaired) electrons. The smallest absolute Gasteiger partial charge is 0.288 e. The number of benzene rings is 1. The molecule has 0 saturated heterocycles. The number of aliphatic imine (C=N–C) groups is 1. The second-order valence-corrected chi connectivity index (χ2v) is 6.67. The zero-order valence-electron chi connectivity index (χ0n) is 15.0. The van der Waals surface area contributed by atoms with Crippen LogP contribution in [0.4, 0.5) is 14.5 Å². The molecule has 1 atom stereocenters. The standard InChI is InChI=1S/C19H14ClF2N5O2/c1-19(6-12(7-21)29-18(24)27-19)13-5-11(2-3-15(13)22)26-17(28)16-14(20)4-10(8-23)9-25-16/h2-6,9H,7H2,1H3,(H2,24,27)(H,26,28)/t19-/m0/s1. The van der Waals surface area contributed by atoms with Crippen molar-refractivity contribution in [1.82, 2.24) is 4.98 Å². The van der Waals surface area contributed by atoms with Gasteiger partial charge in [0.05, 0.1) is 10.6 Å². The summed E-state index contributed by atoms with van der Waals surface area (Å²) in [6.07, 6.45) is 2.52. The molecule has 2 heterocycles. The number of halogens is 3. The lowest BCUT2D eigenvalue weighted by Crippen LogP contribution is -2.31. The number of carbonyl (C=O) groups is 1. The largest absolute Gasteiger partial charge is 0.428 e. The molecule has 0 bridgehead atoms. The molecule has 0 unspecified atom stereocenters. The number of anilines is 1. The van der Waals surface area contributed by atoms with Crippen molar-refractivity contribution in [3.05, 3.63) is 70.0 Å². The van der Waals surface area contributed by atoms with E-state index >= 15 is 0 Å². The van der Waals surface area contributed by atoms with Crippen molar-refractivity contribution in [2.45, 2.75) is 12.5 Å². The van der Waals surface area contributed by atoms with Crippen LogP contribution in [0.15, 0.2) is 47.3 Å². The number of carbonyl (C=O) groups excluding carboxylic acids is 1. The van der Waals surface area contributed by atoms with Gasteiger partial charge in [0.1, 0.15) is 35.6 Å². The molecule has 0 fully saturated rings. The molecule has 3 rings (SSSR count). The summed E-state index contributed by atoms with van der Waals surface area (Å²) in [5, 5.41) is 11.4. The number of nitrogens with zero attached hydrogens (tertiary/aromatic N) is 3. The lowest BCUT2D eigenvalue weighted by Gasteiger charge is -2.28. The number of amidine groups is 1. The minimum absolute atomic E-state index is 0.00632. The lowest BCUT2D eigenvalue weighted by molar-refractivity contribution is 0.102. The Kier molecular flexibility index (Phi) is 5.48. The van der Waals surface area contributed by atoms with Crippen molar-refractivity contribution in [2.75, 3.05) is 12.0 Å². The average molecular weight is 418 g/mol. The summed E-state index contributed by atoms with van der Waals surface area (Å²) in [4.78, 5) is 20.4. The van der Waals surface area contributed by atoms with E-state index in [0.29, 0.717) is 0 Å². The van der Waals surface area contributed by atoms with E-state index in [-0.39, 0.29) is 39.3 Å². The molecule has 29 heavy (non-hydrogen) atoms. The Morgan fingerprint density at radius 1 is 1.45 bits per heavy atom. The Bertz CT molecular complexity index is 1100. The summed E-state index contributed by atoms with van der Waals surface area (Å²) >= 11 is 5.99. The number of amides is 1. The summed E-state index contributed by atoms with van der Waals surface area (Å²) in [6.45, 7) is 0.591. The Morgan fingerprint density at radius 2 is 2.21 bits per heavy atom. The maximum absolute atomic E-state index is 14.5. The molecule has 3 N–H and O–H groups in total. The Labute approximate surface area is 169 Å². The number of hydrogen-bond acceptors (Lipinski definition) is 6. The van der Waals surface area contributed by atoms with Gasteiger partial charge in [-0.15, -0.1) is 0 Å². The predicted molar refractivity (Wildman–Crippen MR) is 102 cm³/mol. The van der Waals surface area contributed by atoms with E-state index in [9.17, 15) is 13.6 Å². The summed E-state index contributed by atoms with van der Waals surface area (Å²) < 4.78 is 32.5. The van der Waals surface area contributed by atoms with Crippen molar-refractivity contribution in [1.29, 1.82) is 5.26 Å². The molecule has 0 spiro atoms. The predicted octanol–water partition coefficient (Wildman–Crippen LogP) is 3.41. The van der Waals surface area contributed by atoms with Gasteiger partial charge in [-0.1, -0.05) is 11.6 Å². The Balaban J connectivity index is 1.94. The second-order valence-electron chi connectivity index (χ2n) is 6.26. The number of hydrogen-bond donors (Lipinski definition) is 2. The maximum atomic E-state index is 14.5. The minimum Gasteiger partial charge on any atom is -0.428 e. The monoisotopic (exact) mass is 417 g/mol. The van der Waals surface area contributed by atoms with E-state index < -0.39 is 23.9 Å². The SMILES string of the molecule is C[C@@]1(c2cc(NC(=O)c3ncc(C#N)cc3Cl)ccc2F)C=C(CF)OC(N)=N1. The number of ether oxygens (including phenoxy) is 1. The van der Waals surface area contributed by atoms with Gasteiger partial charge < -0.3 is 15.8 Å². The topological polar surface area (TPSA) is 113 Å². The molecule has 10 heteroatoms. The number of nitrogens with one attached hydrogen (secondary N) is 1. The van der Waals surface area contributed by atoms with Gasteiger partial charge in [0.15, 0.2) is 0 Å². The molecule has 1 aromatic carbocycles. The first-order valence-corrected chi connectivity index (χ1v) is 8.61. The van der Waals surface area contributed by atoms with Crippen LogP contribution in [0.1, 0.15) is 28.5 Å². The first kappa shape index (κ1) is 20.2. The van der Waals surface area contributed by atoms with Crippen LogP contribution in [0, 0.1) is 17.1 Å². The fourth-order valence-electron chi connectivity index (χ4n) is 2.81. The van der Waals surface area contributed by atoms with Crippen LogP contribution in [-0.2, 0) is 10.3 Å². The van der Waals surface area contributed by atoms with Crippen LogP contribution >= 0.6 is 11.6 Å². The van der Waals surface area contributed by atoms with Crippen LogP contribution in [-0.4, -0.2) is 23.6 Å². The first-order chi connectivity index (χ1) is 13.8. The molecule has 0 aliphatic carbocycles. The van der Waals surface area contributed by atoms with Gasteiger partial charge >= 0.3 is 0 Å². The quantitative estimate of drug-likeness (QED) is 0.791. The average Bonchev–Trinajstić information content (AvgIpc) is 2.68. The van der Waals surface area contributed by atoms with Crippen molar-refractivity contribution in [3.63, 3.8) is 0 Å². The second kappa shape index (κ2) is 7.85. The van der Waals surface area contributed by atoms with E-state index in [1.54, 1.807) is 0 Å². The summed E-state index contributed by atoms with van der Waals surface area (Å²) in [7, 11) is 0. The molecule has 0 saturated carbocycles. The molecular formula is C19H14ClF2N5O2. The van der Waals surface area contributed by atoms with Crippen molar-refractivity contribution >= 4 is 29.2 Å². The minimum atomic E-state index is -1.33. The van der Waals surface area contributed by atoms with Crippen molar-refractivity contribution < 1.29 is 18.3 Å². The number of allylic oxidation sites excluding steroid dienone is 1. The zero-order valence-corrected chi connectivity index (χ0v) is 15.8. The highest BCUT2D eigenvalue weighted by molar-refractivity contribution is 6.34. The van der Waals surface area contributed by atoms with Crippen LogP contribution in [0.3, 0.4) is 0 Å². The molecule has 2 aromatic rings. The van der Waals surface area contributed by atoms with Crippen molar-refractivity contribution in [2.24, 2.45) is 10.7 Å². The molecule has 148 valence electrons. The van der Waals surface area contributed by atoms with E-state index in [1.807, 2.05) is 6.07 Å². The number of rotatable bonds is 4. The number of aromatic nitrogens is 1. The maximum Gasteiger partial charge on any atom is 0.288 e. The molecule has 1 aliphatic rings.